The van der Waals surface area contributed by atoms with Crippen LogP contribution in [0.5, 0.6) is 0 Å². The minimum Gasteiger partial charge on any atom is -0.378 e. The van der Waals surface area contributed by atoms with E-state index in [-0.39, 0.29) is 9.79 Å². The van der Waals surface area contributed by atoms with Crippen molar-refractivity contribution in [1.82, 2.24) is 4.98 Å². The molecule has 0 N–H and O–H groups in total. The second-order valence-electron chi connectivity index (χ2n) is 6.31. The zero-order valence-corrected chi connectivity index (χ0v) is 15.3. The van der Waals surface area contributed by atoms with Gasteiger partial charge in [0.2, 0.25) is 9.84 Å². The van der Waals surface area contributed by atoms with Crippen LogP contribution < -0.4 is 4.90 Å². The lowest BCUT2D eigenvalue weighted by atomic mass is 10.1. The van der Waals surface area contributed by atoms with Crippen molar-refractivity contribution in [3.63, 3.8) is 0 Å². The van der Waals surface area contributed by atoms with Gasteiger partial charge in [-0.1, -0.05) is 0 Å². The van der Waals surface area contributed by atoms with Crippen LogP contribution in [0.25, 0.3) is 10.9 Å². The molecule has 1 aliphatic rings. The highest BCUT2D eigenvalue weighted by molar-refractivity contribution is 7.91. The van der Waals surface area contributed by atoms with E-state index < -0.39 is 27.3 Å². The van der Waals surface area contributed by atoms with Gasteiger partial charge in [0.25, 0.3) is 0 Å². The smallest absolute Gasteiger partial charge is 0.210 e. The number of anilines is 1. The van der Waals surface area contributed by atoms with Gasteiger partial charge in [-0.15, -0.1) is 0 Å². The Bertz CT molecular complexity index is 1160. The molecule has 0 radical (unpaired) electrons. The lowest BCUT2D eigenvalue weighted by Crippen LogP contribution is -2.37. The molecule has 1 aliphatic heterocycles. The lowest BCUT2D eigenvalue weighted by Gasteiger charge is -2.31. The summed E-state index contributed by atoms with van der Waals surface area (Å²) in [5, 5.41) is 0.451. The monoisotopic (exact) mass is 408 g/mol. The van der Waals surface area contributed by atoms with Crippen molar-refractivity contribution in [2.45, 2.75) is 9.79 Å². The zero-order chi connectivity index (χ0) is 19.9. The molecule has 2 heterocycles. The largest absolute Gasteiger partial charge is 0.378 e. The van der Waals surface area contributed by atoms with Gasteiger partial charge in [0.05, 0.1) is 29.3 Å². The molecule has 0 bridgehead atoms. The van der Waals surface area contributed by atoms with Crippen molar-refractivity contribution in [2.24, 2.45) is 0 Å². The minimum atomic E-state index is -4.21. The second-order valence-corrected chi connectivity index (χ2v) is 8.23. The maximum Gasteiger partial charge on any atom is 0.210 e. The van der Waals surface area contributed by atoms with Crippen molar-refractivity contribution < 1.29 is 26.3 Å². The number of benzene rings is 2. The molecule has 0 saturated carbocycles. The predicted molar refractivity (Wildman–Crippen MR) is 96.5 cm³/mol. The molecule has 0 amide bonds. The number of fused-ring (bicyclic) bond motifs is 1. The Morgan fingerprint density at radius 3 is 2.43 bits per heavy atom. The van der Waals surface area contributed by atoms with E-state index in [4.69, 9.17) is 4.74 Å². The summed E-state index contributed by atoms with van der Waals surface area (Å²) in [7, 11) is -4.21. The molecule has 9 heteroatoms. The molecule has 1 aromatic heterocycles. The van der Waals surface area contributed by atoms with Crippen LogP contribution >= 0.6 is 0 Å². The van der Waals surface area contributed by atoms with Crippen LogP contribution in [0.2, 0.25) is 0 Å². The predicted octanol–water partition coefficient (Wildman–Crippen LogP) is 3.32. The van der Waals surface area contributed by atoms with E-state index in [1.165, 1.54) is 18.2 Å². The first-order valence-corrected chi connectivity index (χ1v) is 9.97. The fourth-order valence-corrected chi connectivity index (χ4v) is 4.66. The first kappa shape index (κ1) is 18.7. The van der Waals surface area contributed by atoms with Crippen molar-refractivity contribution in [3.8, 4) is 0 Å². The number of hydrogen-bond acceptors (Lipinski definition) is 5. The number of aromatic nitrogens is 1. The number of ether oxygens (including phenoxy) is 1. The van der Waals surface area contributed by atoms with Crippen LogP contribution in [-0.4, -0.2) is 39.7 Å². The van der Waals surface area contributed by atoms with Crippen LogP contribution in [0.4, 0.5) is 18.9 Å². The van der Waals surface area contributed by atoms with Gasteiger partial charge in [-0.25, -0.2) is 21.6 Å². The number of nitrogens with zero attached hydrogens (tertiary/aromatic N) is 2. The summed E-state index contributed by atoms with van der Waals surface area (Å²) in [6.07, 6.45) is 1.13. The molecule has 0 spiro atoms. The average Bonchev–Trinajstić information content (AvgIpc) is 2.69. The Kier molecular flexibility index (Phi) is 4.72. The van der Waals surface area contributed by atoms with Crippen LogP contribution in [0.15, 0.2) is 52.4 Å². The van der Waals surface area contributed by atoms with Crippen LogP contribution in [0, 0.1) is 17.5 Å². The maximum absolute atomic E-state index is 13.7. The molecular formula is C19H15F3N2O3S. The van der Waals surface area contributed by atoms with Crippen molar-refractivity contribution >= 4 is 26.4 Å². The topological polar surface area (TPSA) is 59.5 Å². The van der Waals surface area contributed by atoms with Gasteiger partial charge in [0, 0.05) is 30.7 Å². The molecule has 0 unspecified atom stereocenters. The highest BCUT2D eigenvalue weighted by atomic mass is 32.2. The molecule has 0 atom stereocenters. The molecule has 5 nitrogen and oxygen atoms in total. The van der Waals surface area contributed by atoms with Crippen LogP contribution in [0.1, 0.15) is 0 Å². The molecule has 3 aromatic rings. The molecule has 0 aliphatic carbocycles. The standard InChI is InChI=1S/C19H15F3N2O3S/c20-12-1-3-14-17(9-12)23-11-18(19(14)24-5-7-27-8-6-24)28(25,26)13-2-4-15(21)16(22)10-13/h1-4,9-11H,5-8H2. The summed E-state index contributed by atoms with van der Waals surface area (Å²) >= 11 is 0. The zero-order valence-electron chi connectivity index (χ0n) is 14.5. The minimum absolute atomic E-state index is 0.153. The molecule has 4 rings (SSSR count). The Balaban J connectivity index is 1.97. The van der Waals surface area contributed by atoms with E-state index in [0.29, 0.717) is 49.0 Å². The van der Waals surface area contributed by atoms with Crippen molar-refractivity contribution in [3.05, 3.63) is 60.0 Å². The first-order chi connectivity index (χ1) is 13.4. The molecule has 1 saturated heterocycles. The SMILES string of the molecule is O=S(=O)(c1ccc(F)c(F)c1)c1cnc2cc(F)ccc2c1N1CCOCC1. The highest BCUT2D eigenvalue weighted by Crippen LogP contribution is 2.36. The van der Waals surface area contributed by atoms with Gasteiger partial charge in [0.1, 0.15) is 10.7 Å². The van der Waals surface area contributed by atoms with Gasteiger partial charge < -0.3 is 9.64 Å². The summed E-state index contributed by atoms with van der Waals surface area (Å²) in [4.78, 5) is 5.36. The quantitative estimate of drug-likeness (QED) is 0.623. The lowest BCUT2D eigenvalue weighted by molar-refractivity contribution is 0.122. The number of hydrogen-bond donors (Lipinski definition) is 0. The van der Waals surface area contributed by atoms with Crippen molar-refractivity contribution in [2.75, 3.05) is 31.2 Å². The third kappa shape index (κ3) is 3.20. The van der Waals surface area contributed by atoms with Crippen LogP contribution in [0.3, 0.4) is 0 Å². The summed E-state index contributed by atoms with van der Waals surface area (Å²) in [5.74, 6) is -2.89. The normalized spacial score (nSPS) is 15.2. The molecular weight excluding hydrogens is 393 g/mol. The highest BCUT2D eigenvalue weighted by Gasteiger charge is 2.28. The fraction of sp³-hybridized carbons (Fsp3) is 0.211. The van der Waals surface area contributed by atoms with Gasteiger partial charge in [0.15, 0.2) is 11.6 Å². The van der Waals surface area contributed by atoms with Gasteiger partial charge >= 0.3 is 0 Å². The summed E-state index contributed by atoms with van der Waals surface area (Å²) < 4.78 is 72.3. The number of morpholine rings is 1. The molecule has 2 aromatic carbocycles. The van der Waals surface area contributed by atoms with E-state index in [9.17, 15) is 21.6 Å². The second kappa shape index (κ2) is 7.06. The summed E-state index contributed by atoms with van der Waals surface area (Å²) in [6, 6.07) is 6.32. The molecule has 146 valence electrons. The maximum atomic E-state index is 13.7. The Morgan fingerprint density at radius 2 is 1.71 bits per heavy atom. The number of halogens is 3. The van der Waals surface area contributed by atoms with Crippen molar-refractivity contribution in [1.29, 1.82) is 0 Å². The summed E-state index contributed by atoms with van der Waals surface area (Å²) in [6.45, 7) is 1.65. The fourth-order valence-electron chi connectivity index (χ4n) is 3.21. The third-order valence-corrected chi connectivity index (χ3v) is 6.34. The van der Waals surface area contributed by atoms with Crippen LogP contribution in [-0.2, 0) is 14.6 Å². The van der Waals surface area contributed by atoms with E-state index in [1.807, 2.05) is 4.90 Å². The van der Waals surface area contributed by atoms with E-state index in [1.54, 1.807) is 0 Å². The van der Waals surface area contributed by atoms with E-state index in [2.05, 4.69) is 4.98 Å². The number of pyridine rings is 1. The summed E-state index contributed by atoms with van der Waals surface area (Å²) in [5.41, 5.74) is 0.642. The Hall–Kier alpha value is -2.65. The Morgan fingerprint density at radius 1 is 0.964 bits per heavy atom. The van der Waals surface area contributed by atoms with Gasteiger partial charge in [-0.2, -0.15) is 0 Å². The first-order valence-electron chi connectivity index (χ1n) is 8.49. The third-order valence-electron chi connectivity index (χ3n) is 4.59. The van der Waals surface area contributed by atoms with E-state index in [0.717, 1.165) is 18.3 Å². The van der Waals surface area contributed by atoms with Gasteiger partial charge in [-0.3, -0.25) is 4.98 Å². The van der Waals surface area contributed by atoms with E-state index >= 15 is 0 Å². The Labute approximate surface area is 159 Å². The average molecular weight is 408 g/mol. The van der Waals surface area contributed by atoms with Gasteiger partial charge in [-0.05, 0) is 30.3 Å². The number of rotatable bonds is 3. The number of sulfone groups is 1. The molecule has 28 heavy (non-hydrogen) atoms. The molecule has 1 fully saturated rings.